The highest BCUT2D eigenvalue weighted by Crippen LogP contribution is 2.20. The van der Waals surface area contributed by atoms with E-state index in [-0.39, 0.29) is 94.6 Å². The van der Waals surface area contributed by atoms with Crippen molar-refractivity contribution in [3.63, 3.8) is 0 Å². The van der Waals surface area contributed by atoms with E-state index < -0.39 is 36.3 Å². The molecule has 1 heterocycles. The lowest BCUT2D eigenvalue weighted by Gasteiger charge is -2.28. The first-order chi connectivity index (χ1) is 30.6. The number of imide groups is 1. The molecule has 1 aromatic carbocycles. The number of carboxylic acids is 1. The molecule has 1 aliphatic rings. The van der Waals surface area contributed by atoms with Crippen molar-refractivity contribution in [1.82, 2.24) is 20.9 Å². The van der Waals surface area contributed by atoms with Gasteiger partial charge in [-0.1, -0.05) is 39.8 Å². The standard InChI is InChI=1S/C44H70N4O16/c1-43(2,30-56-5)32-63-33-44(3,4)31-62-27-26-59-19-15-46-42(55)36(28-34-6-8-35(9-7-34)64-29-41(53)54)47-38(50)13-17-57-20-22-60-24-25-61-23-21-58-18-14-45-37(49)12-16-48-39(51)10-11-40(48)52/h6-11,36H,12-33H2,1-5H3,(H,45,49)(H,46,55)(H,47,50)(H,53,54). The summed E-state index contributed by atoms with van der Waals surface area (Å²) in [4.78, 5) is 72.9. The van der Waals surface area contributed by atoms with Gasteiger partial charge in [-0.3, -0.25) is 28.9 Å². The lowest BCUT2D eigenvalue weighted by Crippen LogP contribution is -2.48. The van der Waals surface area contributed by atoms with Crippen LogP contribution < -0.4 is 20.7 Å². The van der Waals surface area contributed by atoms with Gasteiger partial charge in [0.1, 0.15) is 11.8 Å². The molecule has 1 aliphatic heterocycles. The molecule has 0 radical (unpaired) electrons. The Labute approximate surface area is 376 Å². The SMILES string of the molecule is COCC(C)(C)COCC(C)(C)COCCOCCNC(=O)C(Cc1ccc(OCC(=O)O)cc1)NC(=O)CCOCCOCCOCCOCCNC(=O)CCN1C(=O)C=CC1=O. The number of aliphatic carboxylic acids is 1. The number of methoxy groups -OCH3 is 1. The van der Waals surface area contributed by atoms with Gasteiger partial charge in [0.25, 0.3) is 11.8 Å². The summed E-state index contributed by atoms with van der Waals surface area (Å²) in [6.45, 7) is 13.7. The summed E-state index contributed by atoms with van der Waals surface area (Å²) in [5.41, 5.74) is 0.461. The number of ether oxygens (including phenoxy) is 9. The zero-order chi connectivity index (χ0) is 47.1. The Morgan fingerprint density at radius 2 is 1.12 bits per heavy atom. The van der Waals surface area contributed by atoms with Gasteiger partial charge in [0.15, 0.2) is 6.61 Å². The number of carbonyl (C=O) groups excluding carboxylic acids is 5. The maximum Gasteiger partial charge on any atom is 0.341 e. The van der Waals surface area contributed by atoms with E-state index in [0.717, 1.165) is 10.5 Å². The third-order valence-corrected chi connectivity index (χ3v) is 8.93. The minimum Gasteiger partial charge on any atom is -0.482 e. The van der Waals surface area contributed by atoms with Gasteiger partial charge in [-0.2, -0.15) is 0 Å². The molecule has 1 aromatic rings. The van der Waals surface area contributed by atoms with Crippen LogP contribution >= 0.6 is 0 Å². The molecule has 0 fully saturated rings. The van der Waals surface area contributed by atoms with Crippen molar-refractivity contribution >= 4 is 35.5 Å². The summed E-state index contributed by atoms with van der Waals surface area (Å²) in [5, 5.41) is 17.1. The Morgan fingerprint density at radius 3 is 1.69 bits per heavy atom. The fourth-order valence-corrected chi connectivity index (χ4v) is 5.74. The summed E-state index contributed by atoms with van der Waals surface area (Å²) in [6, 6.07) is 5.69. The lowest BCUT2D eigenvalue weighted by molar-refractivity contribution is -0.140. The summed E-state index contributed by atoms with van der Waals surface area (Å²) in [5.74, 6) is -2.66. The number of carbonyl (C=O) groups is 6. The molecule has 20 heteroatoms. The average molecular weight is 911 g/mol. The number of carboxylic acid groups (broad SMARTS) is 1. The molecule has 2 rings (SSSR count). The molecule has 20 nitrogen and oxygen atoms in total. The number of amides is 5. The zero-order valence-corrected chi connectivity index (χ0v) is 38.1. The van der Waals surface area contributed by atoms with E-state index in [1.54, 1.807) is 31.4 Å². The number of hydrogen-bond donors (Lipinski definition) is 4. The Hall–Kier alpha value is -4.54. The molecule has 0 saturated heterocycles. The predicted octanol–water partition coefficient (Wildman–Crippen LogP) is 0.930. The molecule has 5 amide bonds. The fraction of sp³-hybridized carbons (Fsp3) is 0.682. The van der Waals surface area contributed by atoms with Crippen molar-refractivity contribution in [2.24, 2.45) is 10.8 Å². The van der Waals surface area contributed by atoms with Crippen LogP contribution in [0.4, 0.5) is 0 Å². The van der Waals surface area contributed by atoms with Crippen LogP contribution in [0.15, 0.2) is 36.4 Å². The van der Waals surface area contributed by atoms with Crippen molar-refractivity contribution in [3.8, 4) is 5.75 Å². The van der Waals surface area contributed by atoms with E-state index >= 15 is 0 Å². The molecule has 1 atom stereocenters. The molecular weight excluding hydrogens is 840 g/mol. The normalized spacial score (nSPS) is 13.3. The zero-order valence-electron chi connectivity index (χ0n) is 38.1. The third kappa shape index (κ3) is 26.9. The van der Waals surface area contributed by atoms with Crippen LogP contribution in [0, 0.1) is 10.8 Å². The van der Waals surface area contributed by atoms with Crippen molar-refractivity contribution in [1.29, 1.82) is 0 Å². The van der Waals surface area contributed by atoms with Crippen molar-refractivity contribution < 1.29 is 76.5 Å². The number of hydrogen-bond acceptors (Lipinski definition) is 15. The molecule has 0 bridgehead atoms. The fourth-order valence-electron chi connectivity index (χ4n) is 5.74. The van der Waals surface area contributed by atoms with Gasteiger partial charge < -0.3 is 63.7 Å². The van der Waals surface area contributed by atoms with Gasteiger partial charge >= 0.3 is 5.97 Å². The first kappa shape index (κ1) is 55.6. The van der Waals surface area contributed by atoms with E-state index in [1.807, 2.05) is 0 Å². The van der Waals surface area contributed by atoms with E-state index in [0.29, 0.717) is 71.8 Å². The summed E-state index contributed by atoms with van der Waals surface area (Å²) in [7, 11) is 1.68. The van der Waals surface area contributed by atoms with Crippen molar-refractivity contribution in [3.05, 3.63) is 42.0 Å². The van der Waals surface area contributed by atoms with Crippen LogP contribution in [0.1, 0.15) is 46.1 Å². The minimum absolute atomic E-state index is 0.00865. The number of rotatable bonds is 39. The first-order valence-corrected chi connectivity index (χ1v) is 21.4. The Bertz CT molecular complexity index is 1550. The highest BCUT2D eigenvalue weighted by Gasteiger charge is 2.25. The predicted molar refractivity (Wildman–Crippen MR) is 231 cm³/mol. The molecule has 1 unspecified atom stereocenters. The second kappa shape index (κ2) is 32.2. The summed E-state index contributed by atoms with van der Waals surface area (Å²) in [6.07, 6.45) is 2.54. The maximum absolute atomic E-state index is 13.2. The lowest BCUT2D eigenvalue weighted by atomic mass is 9.94. The van der Waals surface area contributed by atoms with Crippen molar-refractivity contribution in [2.45, 2.75) is 53.0 Å². The van der Waals surface area contributed by atoms with Crippen LogP contribution in [-0.4, -0.2) is 184 Å². The average Bonchev–Trinajstić information content (AvgIpc) is 3.56. The van der Waals surface area contributed by atoms with E-state index in [2.05, 4.69) is 43.6 Å². The van der Waals surface area contributed by atoms with Crippen LogP contribution in [0.5, 0.6) is 5.75 Å². The van der Waals surface area contributed by atoms with Gasteiger partial charge in [-0.15, -0.1) is 0 Å². The third-order valence-electron chi connectivity index (χ3n) is 8.93. The molecule has 64 heavy (non-hydrogen) atoms. The molecule has 0 spiro atoms. The number of nitrogens with zero attached hydrogens (tertiary/aromatic N) is 1. The smallest absolute Gasteiger partial charge is 0.341 e. The summed E-state index contributed by atoms with van der Waals surface area (Å²) >= 11 is 0. The molecule has 0 aromatic heterocycles. The van der Waals surface area contributed by atoms with Crippen molar-refractivity contribution in [2.75, 3.05) is 132 Å². The second-order valence-corrected chi connectivity index (χ2v) is 16.3. The second-order valence-electron chi connectivity index (χ2n) is 16.3. The molecule has 4 N–H and O–H groups in total. The Morgan fingerprint density at radius 1 is 0.625 bits per heavy atom. The molecule has 0 aliphatic carbocycles. The largest absolute Gasteiger partial charge is 0.482 e. The van der Waals surface area contributed by atoms with Gasteiger partial charge in [0.05, 0.1) is 99.1 Å². The van der Waals surface area contributed by atoms with Gasteiger partial charge in [-0.25, -0.2) is 4.79 Å². The van der Waals surface area contributed by atoms with Gasteiger partial charge in [0, 0.05) is 69.0 Å². The maximum atomic E-state index is 13.2. The molecule has 362 valence electrons. The number of nitrogens with one attached hydrogen (secondary N) is 3. The minimum atomic E-state index is -1.10. The van der Waals surface area contributed by atoms with Gasteiger partial charge in [0.2, 0.25) is 17.7 Å². The topological polar surface area (TPSA) is 245 Å². The Kier molecular flexibility index (Phi) is 27.9. The highest BCUT2D eigenvalue weighted by molar-refractivity contribution is 6.13. The van der Waals surface area contributed by atoms with E-state index in [4.69, 9.17) is 47.7 Å². The van der Waals surface area contributed by atoms with Gasteiger partial charge in [-0.05, 0) is 17.7 Å². The Balaban J connectivity index is 1.59. The first-order valence-electron chi connectivity index (χ1n) is 21.4. The highest BCUT2D eigenvalue weighted by atomic mass is 16.6. The monoisotopic (exact) mass is 910 g/mol. The molecule has 0 saturated carbocycles. The van der Waals surface area contributed by atoms with E-state index in [1.165, 1.54) is 12.2 Å². The van der Waals surface area contributed by atoms with Crippen LogP contribution in [0.3, 0.4) is 0 Å². The number of benzene rings is 1. The van der Waals surface area contributed by atoms with Crippen LogP contribution in [0.25, 0.3) is 0 Å². The molecular formula is C44H70N4O16. The van der Waals surface area contributed by atoms with E-state index in [9.17, 15) is 28.8 Å². The van der Waals surface area contributed by atoms with Crippen LogP contribution in [-0.2, 0) is 73.1 Å². The summed E-state index contributed by atoms with van der Waals surface area (Å²) < 4.78 is 49.7. The van der Waals surface area contributed by atoms with Crippen LogP contribution in [0.2, 0.25) is 0 Å². The quantitative estimate of drug-likeness (QED) is 0.0530.